The molecule has 0 aliphatic heterocycles. The Balaban J connectivity index is 0.000000294. The minimum absolute atomic E-state index is 0.887. The molecule has 78 valence electrons. The second kappa shape index (κ2) is 8.23. The number of aromatic nitrogens is 3. The molecule has 14 heavy (non-hydrogen) atoms. The first-order chi connectivity index (χ1) is 6.88. The fourth-order valence-corrected chi connectivity index (χ4v) is 0.771. The highest BCUT2D eigenvalue weighted by Crippen LogP contribution is 1.93. The van der Waals surface area contributed by atoms with Crippen molar-refractivity contribution in [1.82, 2.24) is 14.4 Å². The van der Waals surface area contributed by atoms with Gasteiger partial charge in [-0.25, -0.2) is 4.98 Å². The fourth-order valence-electron chi connectivity index (χ4n) is 0.771. The summed E-state index contributed by atoms with van der Waals surface area (Å²) >= 11 is 0. The van der Waals surface area contributed by atoms with Gasteiger partial charge in [0.15, 0.2) is 5.65 Å². The van der Waals surface area contributed by atoms with Crippen LogP contribution in [-0.4, -0.2) is 14.4 Å². The Morgan fingerprint density at radius 3 is 2.29 bits per heavy atom. The van der Waals surface area contributed by atoms with E-state index in [0.29, 0.717) is 0 Å². The van der Waals surface area contributed by atoms with E-state index in [1.54, 1.807) is 18.6 Å². The van der Waals surface area contributed by atoms with Crippen LogP contribution in [-0.2, 0) is 0 Å². The summed E-state index contributed by atoms with van der Waals surface area (Å²) in [6.07, 6.45) is 10.2. The van der Waals surface area contributed by atoms with Gasteiger partial charge in [0.2, 0.25) is 0 Å². The molecule has 0 spiro atoms. The summed E-state index contributed by atoms with van der Waals surface area (Å²) in [5.74, 6) is 0. The maximum atomic E-state index is 4.02. The molecule has 0 aliphatic rings. The Kier molecular flexibility index (Phi) is 7.42. The molecule has 0 saturated carbocycles. The molecule has 2 aromatic heterocycles. The number of rotatable bonds is 0. The molecule has 2 aromatic rings. The Hall–Kier alpha value is -1.38. The van der Waals surface area contributed by atoms with Gasteiger partial charge in [-0.1, -0.05) is 34.1 Å². The van der Waals surface area contributed by atoms with Gasteiger partial charge in [-0.3, -0.25) is 4.98 Å². The Labute approximate surface area is 85.8 Å². The zero-order valence-electron chi connectivity index (χ0n) is 9.44. The highest BCUT2D eigenvalue weighted by molar-refractivity contribution is 5.33. The van der Waals surface area contributed by atoms with E-state index in [4.69, 9.17) is 0 Å². The molecule has 0 aromatic carbocycles. The van der Waals surface area contributed by atoms with Crippen LogP contribution in [0.1, 0.15) is 34.1 Å². The molecule has 2 heterocycles. The molecule has 0 fully saturated rings. The minimum atomic E-state index is 0.887. The van der Waals surface area contributed by atoms with Crippen molar-refractivity contribution in [3.63, 3.8) is 0 Å². The molecule has 0 bridgehead atoms. The van der Waals surface area contributed by atoms with Crippen molar-refractivity contribution >= 4 is 5.65 Å². The molecule has 0 N–H and O–H groups in total. The molecule has 0 radical (unpaired) electrons. The number of imidazole rings is 1. The average molecular weight is 193 g/mol. The van der Waals surface area contributed by atoms with E-state index in [1.165, 1.54) is 6.42 Å². The fraction of sp³-hybridized carbons (Fsp3) is 0.455. The van der Waals surface area contributed by atoms with Crippen molar-refractivity contribution in [3.05, 3.63) is 31.0 Å². The highest BCUT2D eigenvalue weighted by atomic mass is 15.0. The van der Waals surface area contributed by atoms with Crippen LogP contribution in [0.4, 0.5) is 0 Å². The monoisotopic (exact) mass is 193 g/mol. The summed E-state index contributed by atoms with van der Waals surface area (Å²) in [5, 5.41) is 0. The SMILES string of the molecule is CC.CCC.c1cn2ccnc2cn1. The molecule has 0 aliphatic carbocycles. The van der Waals surface area contributed by atoms with E-state index in [0.717, 1.165) is 5.65 Å². The second-order valence-corrected chi connectivity index (χ2v) is 2.48. The molecule has 3 heteroatoms. The lowest BCUT2D eigenvalue weighted by atomic mass is 10.6. The summed E-state index contributed by atoms with van der Waals surface area (Å²) in [6, 6.07) is 0. The lowest BCUT2D eigenvalue weighted by molar-refractivity contribution is 1.09. The summed E-state index contributed by atoms with van der Waals surface area (Å²) in [6.45, 7) is 8.25. The average Bonchev–Trinajstić information content (AvgIpc) is 2.69. The minimum Gasteiger partial charge on any atom is -0.304 e. The predicted molar refractivity (Wildman–Crippen MR) is 60.3 cm³/mol. The van der Waals surface area contributed by atoms with Crippen LogP contribution in [0.3, 0.4) is 0 Å². The van der Waals surface area contributed by atoms with Crippen LogP contribution in [0.5, 0.6) is 0 Å². The first-order valence-corrected chi connectivity index (χ1v) is 5.11. The number of hydrogen-bond donors (Lipinski definition) is 0. The third-order valence-electron chi connectivity index (χ3n) is 1.20. The van der Waals surface area contributed by atoms with Gasteiger partial charge in [0.25, 0.3) is 0 Å². The predicted octanol–water partition coefficient (Wildman–Crippen LogP) is 3.17. The first-order valence-electron chi connectivity index (χ1n) is 5.11. The molecular formula is C11H19N3. The third-order valence-corrected chi connectivity index (χ3v) is 1.20. The number of hydrogen-bond acceptors (Lipinski definition) is 2. The standard InChI is InChI=1S/C6H5N3.C3H8.C2H6/c1-3-9-4-2-8-6(9)5-7-1;1-3-2;1-2/h1-5H;3H2,1-2H3;1-2H3. The molecule has 0 saturated heterocycles. The summed E-state index contributed by atoms with van der Waals surface area (Å²) in [4.78, 5) is 7.92. The topological polar surface area (TPSA) is 30.2 Å². The largest absolute Gasteiger partial charge is 0.304 e. The lowest BCUT2D eigenvalue weighted by Gasteiger charge is -1.86. The van der Waals surface area contributed by atoms with Crippen LogP contribution in [0.15, 0.2) is 31.0 Å². The quantitative estimate of drug-likeness (QED) is 0.643. The lowest BCUT2D eigenvalue weighted by Crippen LogP contribution is -1.81. The van der Waals surface area contributed by atoms with Crippen LogP contribution in [0.2, 0.25) is 0 Å². The maximum Gasteiger partial charge on any atom is 0.155 e. The Morgan fingerprint density at radius 1 is 1.14 bits per heavy atom. The third kappa shape index (κ3) is 4.03. The van der Waals surface area contributed by atoms with Crippen LogP contribution in [0.25, 0.3) is 5.65 Å². The van der Waals surface area contributed by atoms with E-state index < -0.39 is 0 Å². The molecule has 3 nitrogen and oxygen atoms in total. The van der Waals surface area contributed by atoms with Crippen molar-refractivity contribution in [2.24, 2.45) is 0 Å². The normalized spacial score (nSPS) is 8.29. The van der Waals surface area contributed by atoms with Crippen molar-refractivity contribution in [3.8, 4) is 0 Å². The van der Waals surface area contributed by atoms with E-state index in [9.17, 15) is 0 Å². The van der Waals surface area contributed by atoms with E-state index in [1.807, 2.05) is 30.6 Å². The number of fused-ring (bicyclic) bond motifs is 1. The van der Waals surface area contributed by atoms with Gasteiger partial charge in [0.05, 0.1) is 6.20 Å². The van der Waals surface area contributed by atoms with Crippen molar-refractivity contribution in [2.75, 3.05) is 0 Å². The molecule has 0 atom stereocenters. The van der Waals surface area contributed by atoms with Gasteiger partial charge in [-0.15, -0.1) is 0 Å². The first kappa shape index (κ1) is 12.6. The number of nitrogens with zero attached hydrogens (tertiary/aromatic N) is 3. The van der Waals surface area contributed by atoms with Crippen LogP contribution < -0.4 is 0 Å². The van der Waals surface area contributed by atoms with Gasteiger partial charge in [-0.2, -0.15) is 0 Å². The molecule has 0 amide bonds. The van der Waals surface area contributed by atoms with E-state index in [2.05, 4.69) is 23.8 Å². The molecular weight excluding hydrogens is 174 g/mol. The molecule has 2 rings (SSSR count). The summed E-state index contributed by atoms with van der Waals surface area (Å²) in [7, 11) is 0. The van der Waals surface area contributed by atoms with Crippen LogP contribution >= 0.6 is 0 Å². The highest BCUT2D eigenvalue weighted by Gasteiger charge is 1.86. The van der Waals surface area contributed by atoms with Crippen molar-refractivity contribution < 1.29 is 0 Å². The van der Waals surface area contributed by atoms with Gasteiger partial charge in [0.1, 0.15) is 0 Å². The van der Waals surface area contributed by atoms with Crippen molar-refractivity contribution in [2.45, 2.75) is 34.1 Å². The van der Waals surface area contributed by atoms with Gasteiger partial charge < -0.3 is 4.40 Å². The summed E-state index contributed by atoms with van der Waals surface area (Å²) in [5.41, 5.74) is 0.887. The zero-order valence-corrected chi connectivity index (χ0v) is 9.44. The second-order valence-electron chi connectivity index (χ2n) is 2.48. The zero-order chi connectivity index (χ0) is 10.8. The summed E-state index contributed by atoms with van der Waals surface area (Å²) < 4.78 is 1.91. The Bertz CT molecular complexity index is 298. The van der Waals surface area contributed by atoms with Gasteiger partial charge >= 0.3 is 0 Å². The van der Waals surface area contributed by atoms with Crippen LogP contribution in [0, 0.1) is 0 Å². The maximum absolute atomic E-state index is 4.02. The van der Waals surface area contributed by atoms with Gasteiger partial charge in [0, 0.05) is 24.8 Å². The Morgan fingerprint density at radius 2 is 1.71 bits per heavy atom. The van der Waals surface area contributed by atoms with E-state index >= 15 is 0 Å². The van der Waals surface area contributed by atoms with Gasteiger partial charge in [-0.05, 0) is 0 Å². The van der Waals surface area contributed by atoms with E-state index in [-0.39, 0.29) is 0 Å². The van der Waals surface area contributed by atoms with Crippen molar-refractivity contribution in [1.29, 1.82) is 0 Å². The smallest absolute Gasteiger partial charge is 0.155 e. The molecule has 0 unspecified atom stereocenters.